The molecule has 13 aromatic carbocycles. The maximum atomic E-state index is 14.7. The largest absolute Gasteiger partial charge is 0.454 e. The molecule has 17 rings (SSSR count). The number of hydrogen-bond acceptors (Lipinski definition) is 24. The summed E-state index contributed by atoms with van der Waals surface area (Å²) < 4.78 is 163. The van der Waals surface area contributed by atoms with Crippen LogP contribution in [0.1, 0.15) is 85.7 Å². The van der Waals surface area contributed by atoms with Crippen molar-refractivity contribution in [3.05, 3.63) is 479 Å². The maximum Gasteiger partial charge on any atom is 0.410 e. The highest BCUT2D eigenvalue weighted by atomic mass is 16.8. The van der Waals surface area contributed by atoms with Gasteiger partial charge < -0.3 is 109 Å². The molecule has 4 aliphatic heterocycles. The summed E-state index contributed by atoms with van der Waals surface area (Å²) in [4.78, 5) is 30.8. The minimum Gasteiger partial charge on any atom is -0.454 e. The third-order valence-electron chi connectivity index (χ3n) is 26.1. The van der Waals surface area contributed by atoms with Crippen LogP contribution in [-0.4, -0.2) is 186 Å². The van der Waals surface area contributed by atoms with E-state index in [0.29, 0.717) is 0 Å². The third kappa shape index (κ3) is 33.0. The Labute approximate surface area is 873 Å². The van der Waals surface area contributed by atoms with Crippen LogP contribution in [0.15, 0.2) is 407 Å². The van der Waals surface area contributed by atoms with Gasteiger partial charge >= 0.3 is 12.1 Å². The zero-order valence-corrected chi connectivity index (χ0v) is 84.0. The van der Waals surface area contributed by atoms with Gasteiger partial charge in [-0.1, -0.05) is 400 Å². The monoisotopic (exact) mass is 2020 g/mol. The van der Waals surface area contributed by atoms with Crippen molar-refractivity contribution in [2.75, 3.05) is 46.2 Å². The van der Waals surface area contributed by atoms with Crippen molar-refractivity contribution in [2.24, 2.45) is 0 Å². The lowest BCUT2D eigenvalue weighted by atomic mass is 9.94. The van der Waals surface area contributed by atoms with Gasteiger partial charge in [0.25, 0.3) is 0 Å². The van der Waals surface area contributed by atoms with E-state index < -0.39 is 135 Å². The lowest BCUT2D eigenvalue weighted by Crippen LogP contribution is -2.69. The van der Waals surface area contributed by atoms with Crippen LogP contribution in [0.4, 0.5) is 4.79 Å². The molecule has 0 bridgehead atoms. The molecular weight excluding hydrogens is 1890 g/mol. The molecule has 20 atom stereocenters. The Morgan fingerprint density at radius 3 is 0.792 bits per heavy atom. The molecule has 4 saturated heterocycles. The lowest BCUT2D eigenvalue weighted by molar-refractivity contribution is -0.412. The average Bonchev–Trinajstić information content (AvgIpc) is 0.750. The molecule has 0 aromatic heterocycles. The second-order valence-corrected chi connectivity index (χ2v) is 37.1. The van der Waals surface area contributed by atoms with Gasteiger partial charge in [-0.2, -0.15) is 0 Å². The van der Waals surface area contributed by atoms with E-state index in [4.69, 9.17) is 104 Å². The molecule has 0 aliphatic carbocycles. The minimum atomic E-state index is -1.67. The van der Waals surface area contributed by atoms with Gasteiger partial charge in [0.2, 0.25) is 0 Å². The number of hydrogen-bond donors (Lipinski definition) is 0. The van der Waals surface area contributed by atoms with Crippen molar-refractivity contribution in [3.8, 4) is 0 Å². The number of amides is 1. The van der Waals surface area contributed by atoms with Gasteiger partial charge in [0.1, 0.15) is 98.2 Å². The van der Waals surface area contributed by atoms with Crippen LogP contribution in [0.3, 0.4) is 0 Å². The number of carbonyl (C=O) groups excluding carboxylic acids is 2. The van der Waals surface area contributed by atoms with Crippen LogP contribution in [0, 0.1) is 0 Å². The van der Waals surface area contributed by atoms with E-state index in [9.17, 15) is 9.59 Å². The first-order valence-corrected chi connectivity index (χ1v) is 51.2. The first kappa shape index (κ1) is 108. The smallest absolute Gasteiger partial charge is 0.410 e. The van der Waals surface area contributed by atoms with Crippen LogP contribution in [0.2, 0.25) is 0 Å². The normalized spacial score (nSPS) is 23.8. The fraction of sp³-hybridized carbons (Fsp3) is 0.339. The SMILES string of the molecule is C=CCO[C@@H]1[C@H](OC(C)=O)[C@@H](O[C@@H]2[C@H](OCc3ccccc3)[C@@H](O[C@@H]3[C@@H](O[C@@H]4[C@@H](OCCCN(Cc5ccccc5)C(=O)OCc5ccccc5)O[C@H](COCc5ccccc5)[C@@H](OCc5ccccc5)[C@@H]4OCc4ccccc4)O[C@H](COCc4ccccc4)[C@@H](OCc4ccccc4)[C@@H]3OCc3ccccc3)O[C@H](COCc3ccccc3)[C@H]2OCc2ccccc2)O[C@H](COCc2ccccc2)[C@H]1OCc1ccccc1. The van der Waals surface area contributed by atoms with Crippen LogP contribution in [0.5, 0.6) is 0 Å². The van der Waals surface area contributed by atoms with Crippen LogP contribution in [-0.2, 0) is 195 Å². The molecule has 1 amide bonds. The number of nitrogens with zero attached hydrogens (tertiary/aromatic N) is 1. The number of benzene rings is 13. The van der Waals surface area contributed by atoms with E-state index >= 15 is 0 Å². The molecule has 25 nitrogen and oxygen atoms in total. The van der Waals surface area contributed by atoms with Crippen molar-refractivity contribution in [3.63, 3.8) is 0 Å². The number of ether oxygens (including phenoxy) is 22. The molecule has 13 aromatic rings. The van der Waals surface area contributed by atoms with Gasteiger partial charge in [0.05, 0.1) is 112 Å². The van der Waals surface area contributed by atoms with Crippen molar-refractivity contribution < 1.29 is 114 Å². The Bertz CT molecular complexity index is 5930. The molecule has 149 heavy (non-hydrogen) atoms. The Balaban J connectivity index is 0.840. The summed E-state index contributed by atoms with van der Waals surface area (Å²) in [6.45, 7) is 6.17. The third-order valence-corrected chi connectivity index (χ3v) is 26.1. The van der Waals surface area contributed by atoms with E-state index in [1.54, 1.807) is 11.0 Å². The summed E-state index contributed by atoms with van der Waals surface area (Å²) >= 11 is 0. The summed E-state index contributed by atoms with van der Waals surface area (Å²) in [6, 6.07) is 127. The molecule has 0 unspecified atom stereocenters. The quantitative estimate of drug-likeness (QED) is 0.0195. The summed E-state index contributed by atoms with van der Waals surface area (Å²) in [5.74, 6) is -0.682. The second-order valence-electron chi connectivity index (χ2n) is 37.1. The highest BCUT2D eigenvalue weighted by Crippen LogP contribution is 2.43. The number of esters is 1. The number of rotatable bonds is 56. The van der Waals surface area contributed by atoms with Crippen molar-refractivity contribution >= 4 is 12.1 Å². The molecule has 0 saturated carbocycles. The van der Waals surface area contributed by atoms with E-state index in [2.05, 4.69) is 6.58 Å². The maximum absolute atomic E-state index is 14.7. The van der Waals surface area contributed by atoms with Gasteiger partial charge in [-0.15, -0.1) is 6.58 Å². The zero-order chi connectivity index (χ0) is 102. The summed E-state index contributed by atoms with van der Waals surface area (Å²) in [5.41, 5.74) is 11.0. The number of carbonyl (C=O) groups is 2. The molecule has 0 N–H and O–H groups in total. The Morgan fingerprint density at radius 1 is 0.255 bits per heavy atom. The molecule has 0 radical (unpaired) electrons. The second kappa shape index (κ2) is 58.6. The first-order valence-electron chi connectivity index (χ1n) is 51.2. The Kier molecular flexibility index (Phi) is 42.4. The van der Waals surface area contributed by atoms with E-state index in [1.165, 1.54) is 6.92 Å². The fourth-order valence-electron chi connectivity index (χ4n) is 18.6. The topological polar surface area (TPSA) is 240 Å². The van der Waals surface area contributed by atoms with Gasteiger partial charge in [0, 0.05) is 20.0 Å². The zero-order valence-electron chi connectivity index (χ0n) is 84.0. The highest BCUT2D eigenvalue weighted by Gasteiger charge is 2.60. The molecule has 778 valence electrons. The lowest BCUT2D eigenvalue weighted by Gasteiger charge is -2.52. The van der Waals surface area contributed by atoms with E-state index in [1.807, 2.05) is 394 Å². The average molecular weight is 2020 g/mol. The van der Waals surface area contributed by atoms with Crippen molar-refractivity contribution in [2.45, 2.75) is 222 Å². The molecule has 0 spiro atoms. The predicted octanol–water partition coefficient (Wildman–Crippen LogP) is 20.8. The molecule has 4 aliphatic rings. The molecule has 25 heteroatoms. The summed E-state index contributed by atoms with van der Waals surface area (Å²) in [7, 11) is 0. The van der Waals surface area contributed by atoms with Crippen molar-refractivity contribution in [1.82, 2.24) is 4.90 Å². The van der Waals surface area contributed by atoms with Crippen molar-refractivity contribution in [1.29, 1.82) is 0 Å². The van der Waals surface area contributed by atoms with Crippen LogP contribution < -0.4 is 0 Å². The predicted molar refractivity (Wildman–Crippen MR) is 558 cm³/mol. The van der Waals surface area contributed by atoms with Crippen LogP contribution in [0.25, 0.3) is 0 Å². The van der Waals surface area contributed by atoms with E-state index in [0.717, 1.165) is 72.3 Å². The van der Waals surface area contributed by atoms with Gasteiger partial charge in [-0.3, -0.25) is 4.79 Å². The summed E-state index contributed by atoms with van der Waals surface area (Å²) in [6.07, 6.45) is -24.4. The van der Waals surface area contributed by atoms with E-state index in [-0.39, 0.29) is 138 Å². The van der Waals surface area contributed by atoms with Gasteiger partial charge in [-0.05, 0) is 78.7 Å². The standard InChI is InChI=1S/C124H133NO24/c1-3-71-132-112-108(134-78-96-54-27-9-28-55-96)105(87-129-75-93-48-21-6-22-49-93)145-122(118(112)142-90(2)126)147-115-111(137-81-99-60-33-12-34-61-99)107(89-131-77-95-52-25-8-26-53-95)144-121(116(115)140-84-102-66-39-15-40-67-102)149-119-114(139-83-101-64-37-14-38-65-101)110(136-80-98-58-31-11-32-59-98)106(88-130-76-94-50-23-7-24-51-94)146-123(119)148-117-113(138-82-100-62-35-13-36-63-100)109(135-79-97-56-29-10-30-57-97)104(86-128-74-92-46-19-5-20-47-92)143-120(117)133-72-43-70-125(73-91-44-17-4-18-45-91)124(127)141-85-103-68-41-16-42-69-103/h3-42,44-69,104-123H,1,43,70-89H2,2H3/t104-,105-,106-,107-,108-,109-,110-,111-,112+,113+,114+,115+,116+,117+,118+,119+,120+,121-,122-,123-/m1/s1. The minimum absolute atomic E-state index is 0.00435. The van der Waals surface area contributed by atoms with Crippen LogP contribution >= 0.6 is 0 Å². The summed E-state index contributed by atoms with van der Waals surface area (Å²) in [5, 5.41) is 0. The molecule has 4 heterocycles. The Hall–Kier alpha value is -12.5. The van der Waals surface area contributed by atoms with Gasteiger partial charge in [0.15, 0.2) is 31.3 Å². The first-order chi connectivity index (χ1) is 73.6. The fourth-order valence-corrected chi connectivity index (χ4v) is 18.6. The highest BCUT2D eigenvalue weighted by molar-refractivity contribution is 5.68. The Morgan fingerprint density at radius 2 is 0.490 bits per heavy atom. The van der Waals surface area contributed by atoms with Gasteiger partial charge in [-0.25, -0.2) is 4.79 Å². The molecular formula is C124H133NO24. The molecule has 4 fully saturated rings.